The molecule has 3 aliphatic rings. The molecule has 0 spiro atoms. The summed E-state index contributed by atoms with van der Waals surface area (Å²) in [6.07, 6.45) is 4.55. The predicted molar refractivity (Wildman–Crippen MR) is 124 cm³/mol. The van der Waals surface area contributed by atoms with Crippen LogP contribution in [0.2, 0.25) is 0 Å². The van der Waals surface area contributed by atoms with Gasteiger partial charge in [0, 0.05) is 35.6 Å². The molecule has 0 aliphatic carbocycles. The zero-order valence-electron chi connectivity index (χ0n) is 19.4. The number of nitrogens with zero attached hydrogens (tertiary/aromatic N) is 2. The number of carbonyl (C=O) groups excluding carboxylic acids is 3. The lowest BCUT2D eigenvalue weighted by Gasteiger charge is -2.36. The normalized spacial score (nSPS) is 26.2. The monoisotopic (exact) mass is 465 g/mol. The molecular weight excluding hydrogens is 438 g/mol. The Kier molecular flexibility index (Phi) is 5.51. The van der Waals surface area contributed by atoms with E-state index in [2.05, 4.69) is 17.3 Å². The van der Waals surface area contributed by atoms with Crippen molar-refractivity contribution in [1.82, 2.24) is 14.8 Å². The van der Waals surface area contributed by atoms with E-state index in [1.54, 1.807) is 24.3 Å². The molecule has 1 amide bonds. The van der Waals surface area contributed by atoms with Gasteiger partial charge in [0.1, 0.15) is 5.57 Å². The summed E-state index contributed by atoms with van der Waals surface area (Å²) in [6, 6.07) is 7.35. The van der Waals surface area contributed by atoms with E-state index in [1.165, 1.54) is 4.57 Å². The molecule has 2 fully saturated rings. The third-order valence-corrected chi connectivity index (χ3v) is 7.10. The molecule has 4 heterocycles. The van der Waals surface area contributed by atoms with Gasteiger partial charge in [0.2, 0.25) is 5.75 Å². The Morgan fingerprint density at radius 3 is 2.38 bits per heavy atom. The van der Waals surface area contributed by atoms with Crippen LogP contribution in [0, 0.1) is 0 Å². The van der Waals surface area contributed by atoms with Crippen molar-refractivity contribution in [3.63, 3.8) is 0 Å². The summed E-state index contributed by atoms with van der Waals surface area (Å²) in [5.74, 6) is -3.19. The van der Waals surface area contributed by atoms with Crippen LogP contribution in [0.15, 0.2) is 40.7 Å². The average molecular weight is 466 g/mol. The van der Waals surface area contributed by atoms with Crippen LogP contribution in [0.1, 0.15) is 45.6 Å². The number of fused-ring (bicyclic) bond motifs is 5. The van der Waals surface area contributed by atoms with Crippen molar-refractivity contribution in [3.8, 4) is 11.5 Å². The number of ether oxygens (including phenoxy) is 2. The first-order valence-electron chi connectivity index (χ1n) is 11.6. The summed E-state index contributed by atoms with van der Waals surface area (Å²) in [6.45, 7) is 3.66. The summed E-state index contributed by atoms with van der Waals surface area (Å²) < 4.78 is 12.3. The van der Waals surface area contributed by atoms with E-state index in [4.69, 9.17) is 9.47 Å². The number of aromatic nitrogens is 1. The second-order valence-electron chi connectivity index (χ2n) is 9.51. The van der Waals surface area contributed by atoms with Crippen LogP contribution < -0.4 is 20.3 Å². The highest BCUT2D eigenvalue weighted by Crippen LogP contribution is 2.36. The van der Waals surface area contributed by atoms with Crippen molar-refractivity contribution in [3.05, 3.63) is 46.3 Å². The second kappa shape index (κ2) is 8.39. The maximum atomic E-state index is 13.1. The van der Waals surface area contributed by atoms with E-state index in [9.17, 15) is 19.2 Å². The fourth-order valence-corrected chi connectivity index (χ4v) is 5.42. The van der Waals surface area contributed by atoms with E-state index in [1.807, 2.05) is 13.8 Å². The van der Waals surface area contributed by atoms with Gasteiger partial charge in [-0.05, 0) is 58.7 Å². The lowest BCUT2D eigenvalue weighted by molar-refractivity contribution is -0.136. The Bertz CT molecular complexity index is 1280. The number of pyridine rings is 1. The van der Waals surface area contributed by atoms with Gasteiger partial charge in [-0.2, -0.15) is 0 Å². The number of benzene rings is 1. The maximum absolute atomic E-state index is 13.1. The van der Waals surface area contributed by atoms with E-state index < -0.39 is 29.0 Å². The number of piperidine rings is 1. The number of hydrogen-bond donors (Lipinski definition) is 1. The molecular formula is C25H27N3O6. The number of esters is 2. The summed E-state index contributed by atoms with van der Waals surface area (Å²) in [5, 5.41) is 3.33. The molecule has 1 aromatic carbocycles. The first kappa shape index (κ1) is 22.3. The van der Waals surface area contributed by atoms with Gasteiger partial charge in [-0.25, -0.2) is 9.59 Å². The highest BCUT2D eigenvalue weighted by Gasteiger charge is 2.40. The molecule has 0 radical (unpaired) electrons. The van der Waals surface area contributed by atoms with E-state index >= 15 is 0 Å². The number of nitrogens with one attached hydrogen (secondary N) is 1. The van der Waals surface area contributed by atoms with Crippen molar-refractivity contribution in [1.29, 1.82) is 0 Å². The minimum Gasteiger partial charge on any atom is -0.418 e. The van der Waals surface area contributed by atoms with E-state index in [0.717, 1.165) is 31.8 Å². The topological polar surface area (TPSA) is 107 Å². The largest absolute Gasteiger partial charge is 0.418 e. The van der Waals surface area contributed by atoms with Crippen molar-refractivity contribution < 1.29 is 23.9 Å². The number of carbonyl (C=O) groups is 3. The molecule has 34 heavy (non-hydrogen) atoms. The first-order chi connectivity index (χ1) is 16.2. The van der Waals surface area contributed by atoms with Crippen LogP contribution in [0.25, 0.3) is 10.9 Å². The fraction of sp³-hybridized carbons (Fsp3) is 0.440. The Hall–Kier alpha value is -3.46. The first-order valence-corrected chi connectivity index (χ1v) is 11.6. The van der Waals surface area contributed by atoms with Gasteiger partial charge in [-0.3, -0.25) is 9.59 Å². The smallest absolute Gasteiger partial charge is 0.349 e. The van der Waals surface area contributed by atoms with Gasteiger partial charge in [0.25, 0.3) is 11.5 Å². The van der Waals surface area contributed by atoms with Crippen LogP contribution in [0.5, 0.6) is 11.5 Å². The second-order valence-corrected chi connectivity index (χ2v) is 9.51. The van der Waals surface area contributed by atoms with Gasteiger partial charge in [0.05, 0.1) is 5.52 Å². The molecule has 178 valence electrons. The summed E-state index contributed by atoms with van der Waals surface area (Å²) >= 11 is 0. The molecule has 1 N–H and O–H groups in total. The maximum Gasteiger partial charge on any atom is 0.349 e. The Morgan fingerprint density at radius 2 is 1.71 bits per heavy atom. The molecule has 2 saturated heterocycles. The highest BCUT2D eigenvalue weighted by molar-refractivity contribution is 6.20. The lowest BCUT2D eigenvalue weighted by atomic mass is 9.97. The van der Waals surface area contributed by atoms with Crippen LogP contribution in [-0.4, -0.2) is 52.5 Å². The fourth-order valence-electron chi connectivity index (χ4n) is 5.42. The van der Waals surface area contributed by atoms with Crippen molar-refractivity contribution in [2.24, 2.45) is 0 Å². The molecule has 5 rings (SSSR count). The van der Waals surface area contributed by atoms with Crippen molar-refractivity contribution in [2.45, 2.75) is 63.7 Å². The number of amides is 1. The predicted octanol–water partition coefficient (Wildman–Crippen LogP) is 2.07. The SMILES string of the molecule is CC(C)n1c(=O)c2c(c3ccccc31)OC(=O)/C(C(=O)NC1CC3CCC(C1)N3C)=C\C(=O)O2. The summed E-state index contributed by atoms with van der Waals surface area (Å²) in [7, 11) is 2.10. The van der Waals surface area contributed by atoms with E-state index in [0.29, 0.717) is 23.0 Å². The molecule has 2 aromatic rings. The van der Waals surface area contributed by atoms with Crippen LogP contribution in [0.4, 0.5) is 0 Å². The molecule has 1 aromatic heterocycles. The van der Waals surface area contributed by atoms with Crippen molar-refractivity contribution >= 4 is 28.7 Å². The minimum absolute atomic E-state index is 0.0947. The zero-order chi connectivity index (χ0) is 24.1. The van der Waals surface area contributed by atoms with Gasteiger partial charge in [-0.1, -0.05) is 12.1 Å². The van der Waals surface area contributed by atoms with Gasteiger partial charge >= 0.3 is 11.9 Å². The number of rotatable bonds is 3. The third-order valence-electron chi connectivity index (χ3n) is 7.10. The van der Waals surface area contributed by atoms with Crippen LogP contribution in [-0.2, 0) is 14.4 Å². The molecule has 9 heteroatoms. The van der Waals surface area contributed by atoms with Crippen LogP contribution in [0.3, 0.4) is 0 Å². The number of hydrogen-bond acceptors (Lipinski definition) is 7. The lowest BCUT2D eigenvalue weighted by Crippen LogP contribution is -2.49. The molecule has 2 atom stereocenters. The molecule has 0 saturated carbocycles. The quantitative estimate of drug-likeness (QED) is 0.546. The number of para-hydroxylation sites is 1. The molecule has 9 nitrogen and oxygen atoms in total. The molecule has 3 aliphatic heterocycles. The Labute approximate surface area is 196 Å². The highest BCUT2D eigenvalue weighted by atomic mass is 16.6. The van der Waals surface area contributed by atoms with Crippen LogP contribution >= 0.6 is 0 Å². The van der Waals surface area contributed by atoms with Crippen molar-refractivity contribution in [2.75, 3.05) is 7.05 Å². The minimum atomic E-state index is -1.00. The zero-order valence-corrected chi connectivity index (χ0v) is 19.4. The average Bonchev–Trinajstić information content (AvgIpc) is 2.99. The third kappa shape index (κ3) is 3.69. The summed E-state index contributed by atoms with van der Waals surface area (Å²) in [4.78, 5) is 54.2. The Morgan fingerprint density at radius 1 is 1.03 bits per heavy atom. The Balaban J connectivity index is 1.48. The van der Waals surface area contributed by atoms with Gasteiger partial charge < -0.3 is 24.3 Å². The van der Waals surface area contributed by atoms with Gasteiger partial charge in [0.15, 0.2) is 5.75 Å². The molecule has 2 bridgehead atoms. The molecule has 2 unspecified atom stereocenters. The standard InChI is InChI=1S/C25H27N3O6/c1-13(2)28-19-7-5-4-6-17(19)21-22(24(28)31)33-20(29)12-18(25(32)34-21)23(30)26-14-10-15-8-9-16(11-14)27(15)3/h4-7,12-16H,8-11H2,1-3H3,(H,26,30)/b18-12-. The summed E-state index contributed by atoms with van der Waals surface area (Å²) in [5.41, 5.74) is -0.505. The van der Waals surface area contributed by atoms with Gasteiger partial charge in [-0.15, -0.1) is 0 Å². The van der Waals surface area contributed by atoms with E-state index in [-0.39, 0.29) is 23.6 Å².